The van der Waals surface area contributed by atoms with Crippen LogP contribution in [0.3, 0.4) is 0 Å². The highest BCUT2D eigenvalue weighted by Gasteiger charge is 2.59. The van der Waals surface area contributed by atoms with Crippen molar-refractivity contribution in [1.82, 2.24) is 10.6 Å². The van der Waals surface area contributed by atoms with Gasteiger partial charge in [0.2, 0.25) is 0 Å². The molecule has 0 aromatic heterocycles. The summed E-state index contributed by atoms with van der Waals surface area (Å²) in [5, 5.41) is 6.98. The van der Waals surface area contributed by atoms with Gasteiger partial charge in [0.15, 0.2) is 5.96 Å². The van der Waals surface area contributed by atoms with E-state index < -0.39 is 0 Å². The Bertz CT molecular complexity index is 632. The van der Waals surface area contributed by atoms with Gasteiger partial charge < -0.3 is 24.8 Å². The summed E-state index contributed by atoms with van der Waals surface area (Å²) in [7, 11) is 3.47. The Kier molecular flexibility index (Phi) is 5.91. The lowest BCUT2D eigenvalue weighted by molar-refractivity contribution is -0.106. The molecule has 0 radical (unpaired) electrons. The van der Waals surface area contributed by atoms with E-state index in [2.05, 4.69) is 29.5 Å². The molecule has 1 saturated carbocycles. The molecule has 6 heteroatoms. The molecule has 2 aliphatic rings. The third-order valence-corrected chi connectivity index (χ3v) is 5.54. The summed E-state index contributed by atoms with van der Waals surface area (Å²) in [5.41, 5.74) is 0.147. The maximum absolute atomic E-state index is 5.86. The van der Waals surface area contributed by atoms with E-state index in [1.807, 2.05) is 31.3 Å². The highest BCUT2D eigenvalue weighted by atomic mass is 16.5. The van der Waals surface area contributed by atoms with Gasteiger partial charge in [0.1, 0.15) is 11.5 Å². The first-order chi connectivity index (χ1) is 12.6. The van der Waals surface area contributed by atoms with Crippen molar-refractivity contribution in [1.29, 1.82) is 0 Å². The second kappa shape index (κ2) is 8.16. The number of hydrogen-bond acceptors (Lipinski definition) is 4. The molecule has 1 aromatic carbocycles. The van der Waals surface area contributed by atoms with Crippen molar-refractivity contribution >= 4 is 5.96 Å². The first-order valence-corrected chi connectivity index (χ1v) is 9.42. The van der Waals surface area contributed by atoms with Gasteiger partial charge in [0, 0.05) is 43.6 Å². The van der Waals surface area contributed by atoms with Crippen LogP contribution in [0.25, 0.3) is 0 Å². The molecular formula is C20H31N3O3. The lowest BCUT2D eigenvalue weighted by atomic mass is 9.57. The SMILES string of the molecule is CN=C(NCCCOc1cccc(OC)c1)NC1C2CCOC2C1(C)C. The van der Waals surface area contributed by atoms with Gasteiger partial charge in [-0.05, 0) is 25.0 Å². The third-order valence-electron chi connectivity index (χ3n) is 5.54. The van der Waals surface area contributed by atoms with E-state index in [0.29, 0.717) is 24.7 Å². The molecule has 6 nitrogen and oxygen atoms in total. The minimum atomic E-state index is 0.147. The Morgan fingerprint density at radius 2 is 2.15 bits per heavy atom. The summed E-state index contributed by atoms with van der Waals surface area (Å²) in [5.74, 6) is 3.09. The Balaban J connectivity index is 1.38. The second-order valence-electron chi connectivity index (χ2n) is 7.57. The fourth-order valence-electron chi connectivity index (χ4n) is 4.12. The minimum absolute atomic E-state index is 0.147. The summed E-state index contributed by atoms with van der Waals surface area (Å²) in [6, 6.07) is 8.08. The van der Waals surface area contributed by atoms with Crippen LogP contribution in [-0.2, 0) is 4.74 Å². The molecule has 0 amide bonds. The van der Waals surface area contributed by atoms with Gasteiger partial charge in [0.05, 0.1) is 19.8 Å². The maximum Gasteiger partial charge on any atom is 0.191 e. The molecule has 144 valence electrons. The van der Waals surface area contributed by atoms with Crippen molar-refractivity contribution < 1.29 is 14.2 Å². The van der Waals surface area contributed by atoms with Gasteiger partial charge in [-0.15, -0.1) is 0 Å². The van der Waals surface area contributed by atoms with Gasteiger partial charge in [-0.25, -0.2) is 0 Å². The van der Waals surface area contributed by atoms with E-state index in [9.17, 15) is 0 Å². The first kappa shape index (κ1) is 18.8. The van der Waals surface area contributed by atoms with Gasteiger partial charge in [-0.2, -0.15) is 0 Å². The highest BCUT2D eigenvalue weighted by molar-refractivity contribution is 5.80. The second-order valence-corrected chi connectivity index (χ2v) is 7.57. The van der Waals surface area contributed by atoms with Gasteiger partial charge in [-0.1, -0.05) is 19.9 Å². The van der Waals surface area contributed by atoms with E-state index in [1.54, 1.807) is 7.11 Å². The summed E-state index contributed by atoms with van der Waals surface area (Å²) in [6.45, 7) is 6.87. The average molecular weight is 361 g/mol. The van der Waals surface area contributed by atoms with Crippen LogP contribution in [0.2, 0.25) is 0 Å². The Labute approximate surface area is 156 Å². The summed E-state index contributed by atoms with van der Waals surface area (Å²) < 4.78 is 16.8. The zero-order valence-electron chi connectivity index (χ0n) is 16.2. The quantitative estimate of drug-likeness (QED) is 0.444. The van der Waals surface area contributed by atoms with Crippen molar-refractivity contribution in [2.45, 2.75) is 38.8 Å². The molecule has 1 saturated heterocycles. The third kappa shape index (κ3) is 3.90. The van der Waals surface area contributed by atoms with Crippen LogP contribution in [0.4, 0.5) is 0 Å². The predicted molar refractivity (Wildman–Crippen MR) is 103 cm³/mol. The van der Waals surface area contributed by atoms with Crippen molar-refractivity contribution in [3.05, 3.63) is 24.3 Å². The van der Waals surface area contributed by atoms with E-state index in [-0.39, 0.29) is 5.41 Å². The molecule has 1 heterocycles. The first-order valence-electron chi connectivity index (χ1n) is 9.42. The summed E-state index contributed by atoms with van der Waals surface area (Å²) >= 11 is 0. The Morgan fingerprint density at radius 1 is 1.35 bits per heavy atom. The number of benzene rings is 1. The molecule has 0 bridgehead atoms. The molecule has 1 aliphatic carbocycles. The molecule has 3 atom stereocenters. The number of nitrogens with one attached hydrogen (secondary N) is 2. The average Bonchev–Trinajstić information content (AvgIpc) is 3.11. The van der Waals surface area contributed by atoms with Crippen LogP contribution in [0.1, 0.15) is 26.7 Å². The zero-order chi connectivity index (χ0) is 18.6. The molecule has 0 spiro atoms. The standard InChI is InChI=1S/C20H31N3O3/c1-20(2)17(16-9-12-26-18(16)20)23-19(21-3)22-10-6-11-25-15-8-5-7-14(13-15)24-4/h5,7-8,13,16-18H,6,9-12H2,1-4H3,(H2,21,22,23). The largest absolute Gasteiger partial charge is 0.497 e. The number of rotatable bonds is 7. The molecule has 26 heavy (non-hydrogen) atoms. The van der Waals surface area contributed by atoms with Crippen molar-refractivity contribution in [2.75, 3.05) is 33.9 Å². The number of fused-ring (bicyclic) bond motifs is 1. The van der Waals surface area contributed by atoms with E-state index in [4.69, 9.17) is 14.2 Å². The fraction of sp³-hybridized carbons (Fsp3) is 0.650. The van der Waals surface area contributed by atoms with Crippen LogP contribution >= 0.6 is 0 Å². The summed E-state index contributed by atoms with van der Waals surface area (Å²) in [6.07, 6.45) is 2.41. The fourth-order valence-corrected chi connectivity index (χ4v) is 4.12. The van der Waals surface area contributed by atoms with E-state index in [0.717, 1.165) is 43.5 Å². The topological polar surface area (TPSA) is 64.1 Å². The zero-order valence-corrected chi connectivity index (χ0v) is 16.2. The molecule has 1 aromatic rings. The lowest BCUT2D eigenvalue weighted by Crippen LogP contribution is -2.68. The number of aliphatic imine (C=N–C) groups is 1. The monoisotopic (exact) mass is 361 g/mol. The Morgan fingerprint density at radius 3 is 2.92 bits per heavy atom. The number of nitrogens with zero attached hydrogens (tertiary/aromatic N) is 1. The van der Waals surface area contributed by atoms with E-state index in [1.165, 1.54) is 0 Å². The smallest absolute Gasteiger partial charge is 0.191 e. The predicted octanol–water partition coefficient (Wildman–Crippen LogP) is 2.44. The number of guanidine groups is 1. The van der Waals surface area contributed by atoms with Gasteiger partial charge >= 0.3 is 0 Å². The molecule has 1 aliphatic heterocycles. The van der Waals surface area contributed by atoms with Crippen LogP contribution in [0, 0.1) is 11.3 Å². The number of methoxy groups -OCH3 is 1. The Hall–Kier alpha value is -1.95. The maximum atomic E-state index is 5.86. The highest BCUT2D eigenvalue weighted by Crippen LogP contribution is 2.52. The van der Waals surface area contributed by atoms with Gasteiger partial charge in [0.25, 0.3) is 0 Å². The van der Waals surface area contributed by atoms with E-state index >= 15 is 0 Å². The number of hydrogen-bond donors (Lipinski definition) is 2. The normalized spacial score (nSPS) is 26.6. The molecule has 3 rings (SSSR count). The molecule has 2 N–H and O–H groups in total. The van der Waals surface area contributed by atoms with Crippen LogP contribution in [0.15, 0.2) is 29.3 Å². The van der Waals surface area contributed by atoms with Gasteiger partial charge in [-0.3, -0.25) is 4.99 Å². The van der Waals surface area contributed by atoms with Crippen molar-refractivity contribution in [2.24, 2.45) is 16.3 Å². The van der Waals surface area contributed by atoms with Crippen molar-refractivity contribution in [3.63, 3.8) is 0 Å². The molecule has 3 unspecified atom stereocenters. The molecule has 2 fully saturated rings. The van der Waals surface area contributed by atoms with Crippen LogP contribution < -0.4 is 20.1 Å². The lowest BCUT2D eigenvalue weighted by Gasteiger charge is -2.54. The minimum Gasteiger partial charge on any atom is -0.497 e. The van der Waals surface area contributed by atoms with Crippen molar-refractivity contribution in [3.8, 4) is 11.5 Å². The summed E-state index contributed by atoms with van der Waals surface area (Å²) in [4.78, 5) is 4.36. The molecular weight excluding hydrogens is 330 g/mol. The van der Waals surface area contributed by atoms with Crippen LogP contribution in [-0.4, -0.2) is 52.0 Å². The van der Waals surface area contributed by atoms with Crippen LogP contribution in [0.5, 0.6) is 11.5 Å². The number of ether oxygens (including phenoxy) is 3.